The number of benzene rings is 1. The zero-order valence-corrected chi connectivity index (χ0v) is 15.8. The number of aromatic amines is 2. The van der Waals surface area contributed by atoms with Crippen molar-refractivity contribution in [3.8, 4) is 0 Å². The van der Waals surface area contributed by atoms with Crippen LogP contribution in [-0.2, 0) is 9.53 Å². The predicted molar refractivity (Wildman–Crippen MR) is 97.9 cm³/mol. The highest BCUT2D eigenvalue weighted by Gasteiger charge is 2.32. The molecular formula is C18H22FN3O3S. The van der Waals surface area contributed by atoms with Crippen molar-refractivity contribution < 1.29 is 18.7 Å². The molecule has 1 saturated heterocycles. The molecule has 2 N–H and O–H groups in total. The molecule has 0 aliphatic carbocycles. The number of amides is 1. The number of H-pyrrole nitrogens is 2. The number of hydrogen-bond donors (Lipinski definition) is 2. The van der Waals surface area contributed by atoms with Gasteiger partial charge in [0.05, 0.1) is 22.5 Å². The van der Waals surface area contributed by atoms with Gasteiger partial charge in [-0.1, -0.05) is 0 Å². The summed E-state index contributed by atoms with van der Waals surface area (Å²) in [5.41, 5.74) is 0.551. The molecule has 2 aromatic rings. The van der Waals surface area contributed by atoms with Gasteiger partial charge in [-0.05, 0) is 58.0 Å². The van der Waals surface area contributed by atoms with E-state index in [4.69, 9.17) is 17.0 Å². The molecule has 1 aliphatic rings. The smallest absolute Gasteiger partial charge is 0.311 e. The number of hydrogen-bond acceptors (Lipinski definition) is 4. The van der Waals surface area contributed by atoms with E-state index in [1.54, 1.807) is 4.90 Å². The van der Waals surface area contributed by atoms with Gasteiger partial charge in [-0.15, -0.1) is 0 Å². The van der Waals surface area contributed by atoms with E-state index < -0.39 is 11.4 Å². The summed E-state index contributed by atoms with van der Waals surface area (Å²) in [6.07, 6.45) is 1.36. The Labute approximate surface area is 155 Å². The first-order chi connectivity index (χ1) is 12.1. The molecule has 2 heterocycles. The van der Waals surface area contributed by atoms with Crippen molar-refractivity contribution in [3.63, 3.8) is 0 Å². The molecule has 1 atom stereocenters. The van der Waals surface area contributed by atoms with Crippen LogP contribution in [0.15, 0.2) is 12.1 Å². The highest BCUT2D eigenvalue weighted by atomic mass is 32.1. The fraction of sp³-hybridized carbons (Fsp3) is 0.500. The number of aromatic nitrogens is 2. The van der Waals surface area contributed by atoms with Gasteiger partial charge in [0.25, 0.3) is 5.91 Å². The van der Waals surface area contributed by atoms with Gasteiger partial charge < -0.3 is 19.6 Å². The Balaban J connectivity index is 1.84. The highest BCUT2D eigenvalue weighted by Crippen LogP contribution is 2.25. The monoisotopic (exact) mass is 379 g/mol. The second kappa shape index (κ2) is 6.83. The van der Waals surface area contributed by atoms with E-state index in [9.17, 15) is 14.0 Å². The van der Waals surface area contributed by atoms with Crippen LogP contribution in [0.25, 0.3) is 11.0 Å². The first-order valence-corrected chi connectivity index (χ1v) is 8.98. The Hall–Kier alpha value is -2.22. The first kappa shape index (κ1) is 18.6. The topological polar surface area (TPSA) is 78.2 Å². The van der Waals surface area contributed by atoms with Crippen molar-refractivity contribution in [2.75, 3.05) is 13.1 Å². The third kappa shape index (κ3) is 3.95. The van der Waals surface area contributed by atoms with Crippen molar-refractivity contribution in [3.05, 3.63) is 28.3 Å². The average molecular weight is 379 g/mol. The Morgan fingerprint density at radius 3 is 2.73 bits per heavy atom. The molecule has 1 aliphatic heterocycles. The molecule has 1 aromatic carbocycles. The summed E-state index contributed by atoms with van der Waals surface area (Å²) in [5, 5.41) is 0. The van der Waals surface area contributed by atoms with Gasteiger partial charge in [-0.25, -0.2) is 4.39 Å². The third-order valence-corrected chi connectivity index (χ3v) is 4.47. The van der Waals surface area contributed by atoms with Crippen molar-refractivity contribution in [2.24, 2.45) is 5.92 Å². The van der Waals surface area contributed by atoms with Crippen LogP contribution in [0.1, 0.15) is 44.0 Å². The van der Waals surface area contributed by atoms with Crippen molar-refractivity contribution in [2.45, 2.75) is 39.2 Å². The third-order valence-electron chi connectivity index (χ3n) is 4.27. The van der Waals surface area contributed by atoms with Crippen LogP contribution in [0.3, 0.4) is 0 Å². The van der Waals surface area contributed by atoms with Crippen LogP contribution in [0.2, 0.25) is 0 Å². The zero-order chi connectivity index (χ0) is 19.1. The van der Waals surface area contributed by atoms with E-state index in [1.165, 1.54) is 12.1 Å². The minimum absolute atomic E-state index is 0.206. The van der Waals surface area contributed by atoms with E-state index in [2.05, 4.69) is 9.97 Å². The van der Waals surface area contributed by atoms with Gasteiger partial charge >= 0.3 is 5.97 Å². The van der Waals surface area contributed by atoms with E-state index in [1.807, 2.05) is 20.8 Å². The molecule has 1 fully saturated rings. The van der Waals surface area contributed by atoms with Crippen LogP contribution >= 0.6 is 12.2 Å². The zero-order valence-electron chi connectivity index (χ0n) is 15.0. The maximum absolute atomic E-state index is 13.9. The highest BCUT2D eigenvalue weighted by molar-refractivity contribution is 7.71. The largest absolute Gasteiger partial charge is 0.460 e. The number of esters is 1. The molecule has 140 valence electrons. The maximum Gasteiger partial charge on any atom is 0.311 e. The summed E-state index contributed by atoms with van der Waals surface area (Å²) >= 11 is 5.04. The number of carbonyl (C=O) groups is 2. The van der Waals surface area contributed by atoms with Gasteiger partial charge in [0, 0.05) is 13.1 Å². The summed E-state index contributed by atoms with van der Waals surface area (Å²) in [5.74, 6) is -1.53. The van der Waals surface area contributed by atoms with E-state index in [0.717, 1.165) is 0 Å². The molecule has 0 radical (unpaired) electrons. The molecular weight excluding hydrogens is 357 g/mol. The van der Waals surface area contributed by atoms with Crippen molar-refractivity contribution in [1.82, 2.24) is 14.9 Å². The molecule has 0 spiro atoms. The number of likely N-dealkylation sites (tertiary alicyclic amines) is 1. The lowest BCUT2D eigenvalue weighted by atomic mass is 9.97. The fourth-order valence-corrected chi connectivity index (χ4v) is 3.40. The number of rotatable bonds is 2. The summed E-state index contributed by atoms with van der Waals surface area (Å²) in [6, 6.07) is 2.49. The number of carbonyl (C=O) groups excluding carboxylic acids is 2. The van der Waals surface area contributed by atoms with Crippen LogP contribution in [0, 0.1) is 16.5 Å². The quantitative estimate of drug-likeness (QED) is 0.618. The molecule has 6 nitrogen and oxygen atoms in total. The SMILES string of the molecule is CC(C)(C)OC(=O)[C@@H]1CCCN(C(=O)c2cc(F)cc3[nH]c(=S)[nH]c23)C1. The minimum Gasteiger partial charge on any atom is -0.460 e. The lowest BCUT2D eigenvalue weighted by Gasteiger charge is -2.33. The normalized spacial score (nSPS) is 18.2. The summed E-state index contributed by atoms with van der Waals surface area (Å²) in [4.78, 5) is 32.6. The second-order valence-electron chi connectivity index (χ2n) is 7.58. The molecule has 8 heteroatoms. The Kier molecular flexibility index (Phi) is 4.88. The molecule has 1 aromatic heterocycles. The standard InChI is InChI=1S/C18H22FN3O3S/c1-18(2,3)25-16(24)10-5-4-6-22(9-10)15(23)12-7-11(19)8-13-14(12)21-17(26)20-13/h7-8,10H,4-6,9H2,1-3H3,(H2,20,21,26)/t10-/m1/s1. The number of imidazole rings is 1. The molecule has 0 saturated carbocycles. The van der Waals surface area contributed by atoms with E-state index in [-0.39, 0.29) is 29.9 Å². The van der Waals surface area contributed by atoms with Crippen molar-refractivity contribution >= 4 is 35.1 Å². The van der Waals surface area contributed by atoms with Gasteiger partial charge in [0.2, 0.25) is 0 Å². The Morgan fingerprint density at radius 1 is 1.31 bits per heavy atom. The number of halogens is 1. The van der Waals surface area contributed by atoms with Gasteiger partial charge in [0.1, 0.15) is 11.4 Å². The maximum atomic E-state index is 13.9. The number of piperidine rings is 1. The number of nitrogens with one attached hydrogen (secondary N) is 2. The van der Waals surface area contributed by atoms with Crippen molar-refractivity contribution in [1.29, 1.82) is 0 Å². The van der Waals surface area contributed by atoms with E-state index >= 15 is 0 Å². The molecule has 0 unspecified atom stereocenters. The minimum atomic E-state index is -0.571. The molecule has 26 heavy (non-hydrogen) atoms. The fourth-order valence-electron chi connectivity index (χ4n) is 3.19. The van der Waals surface area contributed by atoms with Crippen LogP contribution in [0.5, 0.6) is 0 Å². The second-order valence-corrected chi connectivity index (χ2v) is 7.99. The number of nitrogens with zero attached hydrogens (tertiary/aromatic N) is 1. The number of ether oxygens (including phenoxy) is 1. The van der Waals surface area contributed by atoms with Crippen LogP contribution < -0.4 is 0 Å². The molecule has 0 bridgehead atoms. The Morgan fingerprint density at radius 2 is 2.04 bits per heavy atom. The van der Waals surface area contributed by atoms with Gasteiger partial charge in [-0.2, -0.15) is 0 Å². The van der Waals surface area contributed by atoms with Gasteiger partial charge in [-0.3, -0.25) is 9.59 Å². The van der Waals surface area contributed by atoms with Gasteiger partial charge in [0.15, 0.2) is 4.77 Å². The summed E-state index contributed by atoms with van der Waals surface area (Å²) in [6.45, 7) is 6.22. The average Bonchev–Trinajstić information content (AvgIpc) is 2.92. The molecule has 3 rings (SSSR count). The Bertz CT molecular complexity index is 913. The van der Waals surface area contributed by atoms with Crippen LogP contribution in [0.4, 0.5) is 4.39 Å². The lowest BCUT2D eigenvalue weighted by Crippen LogP contribution is -2.44. The van der Waals surface area contributed by atoms with Crippen LogP contribution in [-0.4, -0.2) is 45.4 Å². The first-order valence-electron chi connectivity index (χ1n) is 8.58. The van der Waals surface area contributed by atoms with E-state index in [0.29, 0.717) is 35.2 Å². The summed E-state index contributed by atoms with van der Waals surface area (Å²) < 4.78 is 19.7. The predicted octanol–water partition coefficient (Wildman–Crippen LogP) is 3.56. The molecule has 1 amide bonds. The lowest BCUT2D eigenvalue weighted by molar-refractivity contribution is -0.161. The number of fused-ring (bicyclic) bond motifs is 1. The summed E-state index contributed by atoms with van der Waals surface area (Å²) in [7, 11) is 0.